The van der Waals surface area contributed by atoms with Gasteiger partial charge in [0, 0.05) is 25.6 Å². The Morgan fingerprint density at radius 2 is 1.96 bits per heavy atom. The van der Waals surface area contributed by atoms with E-state index in [0.717, 1.165) is 30.7 Å². The summed E-state index contributed by atoms with van der Waals surface area (Å²) in [5.74, 6) is 1.69. The largest absolute Gasteiger partial charge is 0.359 e. The smallest absolute Gasteiger partial charge is 0.239 e. The molecule has 3 N–H and O–H groups in total. The molecule has 0 atom stereocenters. The summed E-state index contributed by atoms with van der Waals surface area (Å²) in [5, 5.41) is 13.0. The number of carbonyl (C=O) groups excluding carboxylic acids is 1. The van der Waals surface area contributed by atoms with Gasteiger partial charge < -0.3 is 20.5 Å². The highest BCUT2D eigenvalue weighted by molar-refractivity contribution is 14.0. The van der Waals surface area contributed by atoms with E-state index in [1.807, 2.05) is 13.0 Å². The van der Waals surface area contributed by atoms with Crippen molar-refractivity contribution in [3.63, 3.8) is 0 Å². The first-order chi connectivity index (χ1) is 11.1. The van der Waals surface area contributed by atoms with E-state index in [0.29, 0.717) is 25.0 Å². The molecule has 8 heteroatoms. The zero-order chi connectivity index (χ0) is 17.1. The molecule has 7 nitrogen and oxygen atoms in total. The van der Waals surface area contributed by atoms with Crippen molar-refractivity contribution in [3.8, 4) is 0 Å². The number of nitrogens with one attached hydrogen (secondary N) is 3. The lowest BCUT2D eigenvalue weighted by Crippen LogP contribution is -2.43. The number of hydrogen-bond donors (Lipinski definition) is 3. The lowest BCUT2D eigenvalue weighted by Gasteiger charge is -2.10. The molecule has 1 rings (SSSR count). The van der Waals surface area contributed by atoms with Gasteiger partial charge in [-0.1, -0.05) is 25.9 Å². The number of halogens is 1. The number of nitrogens with zero attached hydrogens (tertiary/aromatic N) is 2. The topological polar surface area (TPSA) is 91.5 Å². The molecule has 0 aromatic carbocycles. The second-order valence-electron chi connectivity index (χ2n) is 5.36. The van der Waals surface area contributed by atoms with Gasteiger partial charge in [0.05, 0.1) is 18.8 Å². The average molecular weight is 451 g/mol. The van der Waals surface area contributed by atoms with Crippen LogP contribution in [0, 0.1) is 0 Å². The highest BCUT2D eigenvalue weighted by Crippen LogP contribution is 2.22. The maximum Gasteiger partial charge on any atom is 0.239 e. The van der Waals surface area contributed by atoms with E-state index in [2.05, 4.69) is 39.9 Å². The van der Waals surface area contributed by atoms with Crippen LogP contribution in [0.5, 0.6) is 0 Å². The zero-order valence-electron chi connectivity index (χ0n) is 15.0. The van der Waals surface area contributed by atoms with Crippen LogP contribution in [0.15, 0.2) is 15.6 Å². The maximum absolute atomic E-state index is 11.6. The van der Waals surface area contributed by atoms with Crippen LogP contribution in [0.3, 0.4) is 0 Å². The van der Waals surface area contributed by atoms with E-state index >= 15 is 0 Å². The molecule has 0 spiro atoms. The Morgan fingerprint density at radius 3 is 2.54 bits per heavy atom. The van der Waals surface area contributed by atoms with Gasteiger partial charge in [0.25, 0.3) is 0 Å². The molecule has 0 radical (unpaired) electrons. The Balaban J connectivity index is 0.00000529. The number of aromatic nitrogens is 1. The molecule has 0 bridgehead atoms. The summed E-state index contributed by atoms with van der Waals surface area (Å²) in [6.45, 7) is 7.66. The molecule has 0 unspecified atom stereocenters. The number of amides is 1. The number of guanidine groups is 1. The Bertz CT molecular complexity index is 500. The summed E-state index contributed by atoms with van der Waals surface area (Å²) in [4.78, 5) is 15.6. The van der Waals surface area contributed by atoms with Crippen LogP contribution < -0.4 is 16.0 Å². The summed E-state index contributed by atoms with van der Waals surface area (Å²) in [6.07, 6.45) is 3.01. The van der Waals surface area contributed by atoms with E-state index in [9.17, 15) is 4.79 Å². The number of rotatable bonds is 9. The molecule has 24 heavy (non-hydrogen) atoms. The van der Waals surface area contributed by atoms with Crippen molar-refractivity contribution in [1.82, 2.24) is 21.1 Å². The van der Waals surface area contributed by atoms with Gasteiger partial charge in [0.1, 0.15) is 0 Å². The van der Waals surface area contributed by atoms with Gasteiger partial charge in [-0.3, -0.25) is 9.79 Å². The van der Waals surface area contributed by atoms with Crippen LogP contribution in [-0.4, -0.2) is 37.2 Å². The summed E-state index contributed by atoms with van der Waals surface area (Å²) in [7, 11) is 1.66. The van der Waals surface area contributed by atoms with Crippen molar-refractivity contribution in [1.29, 1.82) is 0 Å². The van der Waals surface area contributed by atoms with Gasteiger partial charge >= 0.3 is 0 Å². The van der Waals surface area contributed by atoms with Crippen molar-refractivity contribution in [2.45, 2.75) is 52.5 Å². The van der Waals surface area contributed by atoms with E-state index < -0.39 is 0 Å². The monoisotopic (exact) mass is 451 g/mol. The molecule has 1 aromatic heterocycles. The predicted molar refractivity (Wildman–Crippen MR) is 107 cm³/mol. The van der Waals surface area contributed by atoms with E-state index in [1.165, 1.54) is 0 Å². The minimum absolute atomic E-state index is 0. The number of aliphatic imine (C=N–C) groups is 1. The van der Waals surface area contributed by atoms with Crippen LogP contribution in [-0.2, 0) is 11.3 Å². The molecule has 0 aliphatic carbocycles. The zero-order valence-corrected chi connectivity index (χ0v) is 17.3. The summed E-state index contributed by atoms with van der Waals surface area (Å²) >= 11 is 0. The number of carbonyl (C=O) groups is 1. The van der Waals surface area contributed by atoms with E-state index in [4.69, 9.17) is 4.52 Å². The molecular weight excluding hydrogens is 421 g/mol. The highest BCUT2D eigenvalue weighted by atomic mass is 127. The summed E-state index contributed by atoms with van der Waals surface area (Å²) in [5.41, 5.74) is 0.994. The van der Waals surface area contributed by atoms with Crippen LogP contribution >= 0.6 is 24.0 Å². The first-order valence-electron chi connectivity index (χ1n) is 8.31. The Labute approximate surface area is 161 Å². The van der Waals surface area contributed by atoms with Crippen molar-refractivity contribution < 1.29 is 9.32 Å². The standard InChI is InChI=1S/C16H29N5O2.HI/c1-5-8-18-15(22)11-20-16(17-4)19-10-13-9-14(21-23-13)12(6-2)7-3;/h9,12H,5-8,10-11H2,1-4H3,(H,18,22)(H2,17,19,20);1H. The van der Waals surface area contributed by atoms with Gasteiger partial charge in [-0.15, -0.1) is 24.0 Å². The fraction of sp³-hybridized carbons (Fsp3) is 0.688. The van der Waals surface area contributed by atoms with Gasteiger partial charge in [-0.05, 0) is 19.3 Å². The predicted octanol–water partition coefficient (Wildman–Crippen LogP) is 2.39. The molecule has 0 fully saturated rings. The average Bonchev–Trinajstić information content (AvgIpc) is 3.03. The first kappa shape index (κ1) is 22.7. The van der Waals surface area contributed by atoms with Gasteiger partial charge in [0.2, 0.25) is 5.91 Å². The quantitative estimate of drug-likeness (QED) is 0.305. The fourth-order valence-corrected chi connectivity index (χ4v) is 2.19. The molecule has 0 saturated heterocycles. The molecular formula is C16H30IN5O2. The highest BCUT2D eigenvalue weighted by Gasteiger charge is 2.13. The SMILES string of the molecule is CCCNC(=O)CNC(=NC)NCc1cc(C(CC)CC)no1.I. The molecule has 0 aliphatic heterocycles. The number of hydrogen-bond acceptors (Lipinski definition) is 4. The maximum atomic E-state index is 11.6. The van der Waals surface area contributed by atoms with Crippen molar-refractivity contribution in [2.75, 3.05) is 20.1 Å². The molecule has 0 saturated carbocycles. The molecule has 1 amide bonds. The third-order valence-corrected chi connectivity index (χ3v) is 3.62. The van der Waals surface area contributed by atoms with Gasteiger partial charge in [0.15, 0.2) is 11.7 Å². The minimum Gasteiger partial charge on any atom is -0.359 e. The molecule has 0 aliphatic rings. The lowest BCUT2D eigenvalue weighted by molar-refractivity contribution is -0.120. The third kappa shape index (κ3) is 7.98. The second-order valence-corrected chi connectivity index (χ2v) is 5.36. The van der Waals surface area contributed by atoms with E-state index in [1.54, 1.807) is 7.05 Å². The van der Waals surface area contributed by atoms with Gasteiger partial charge in [-0.25, -0.2) is 0 Å². The molecule has 1 heterocycles. The van der Waals surface area contributed by atoms with Gasteiger partial charge in [-0.2, -0.15) is 0 Å². The van der Waals surface area contributed by atoms with Crippen molar-refractivity contribution in [3.05, 3.63) is 17.5 Å². The molecule has 138 valence electrons. The van der Waals surface area contributed by atoms with Crippen LogP contribution in [0.1, 0.15) is 57.4 Å². The molecule has 1 aromatic rings. The van der Waals surface area contributed by atoms with Crippen molar-refractivity contribution in [2.24, 2.45) is 4.99 Å². The normalized spacial score (nSPS) is 11.1. The third-order valence-electron chi connectivity index (χ3n) is 3.62. The van der Waals surface area contributed by atoms with E-state index in [-0.39, 0.29) is 36.4 Å². The Morgan fingerprint density at radius 1 is 1.25 bits per heavy atom. The summed E-state index contributed by atoms with van der Waals surface area (Å²) < 4.78 is 5.35. The Kier molecular flexibility index (Phi) is 12.3. The van der Waals surface area contributed by atoms with Crippen LogP contribution in [0.25, 0.3) is 0 Å². The fourth-order valence-electron chi connectivity index (χ4n) is 2.19. The summed E-state index contributed by atoms with van der Waals surface area (Å²) in [6, 6.07) is 1.98. The van der Waals surface area contributed by atoms with Crippen molar-refractivity contribution >= 4 is 35.8 Å². The van der Waals surface area contributed by atoms with Crippen LogP contribution in [0.2, 0.25) is 0 Å². The first-order valence-corrected chi connectivity index (χ1v) is 8.31. The lowest BCUT2D eigenvalue weighted by atomic mass is 9.99. The minimum atomic E-state index is -0.0505. The Hall–Kier alpha value is -1.32. The van der Waals surface area contributed by atoms with Crippen LogP contribution in [0.4, 0.5) is 0 Å². The second kappa shape index (κ2) is 13.0.